The Hall–Kier alpha value is -1.89. The SMILES string of the molecule is Cn1cnc2c1c(=O)n(CCCCCCCCO)c(=O)n2C. The molecule has 0 radical (unpaired) electrons. The van der Waals surface area contributed by atoms with Gasteiger partial charge < -0.3 is 9.67 Å². The van der Waals surface area contributed by atoms with Crippen LogP contribution in [0.1, 0.15) is 38.5 Å². The molecular weight excluding hydrogens is 284 g/mol. The van der Waals surface area contributed by atoms with E-state index in [1.54, 1.807) is 25.0 Å². The lowest BCUT2D eigenvalue weighted by molar-refractivity contribution is 0.282. The van der Waals surface area contributed by atoms with Gasteiger partial charge >= 0.3 is 5.69 Å². The first kappa shape index (κ1) is 16.5. The summed E-state index contributed by atoms with van der Waals surface area (Å²) in [4.78, 5) is 28.8. The minimum absolute atomic E-state index is 0.246. The lowest BCUT2D eigenvalue weighted by Crippen LogP contribution is -2.39. The summed E-state index contributed by atoms with van der Waals surface area (Å²) in [6.45, 7) is 0.683. The lowest BCUT2D eigenvalue weighted by atomic mass is 10.1. The molecule has 0 aliphatic rings. The molecule has 0 spiro atoms. The Morgan fingerprint density at radius 1 is 1.05 bits per heavy atom. The highest BCUT2D eigenvalue weighted by Gasteiger charge is 2.14. The molecular formula is C15H24N4O3. The minimum atomic E-state index is -0.309. The summed E-state index contributed by atoms with van der Waals surface area (Å²) in [5, 5.41) is 8.71. The van der Waals surface area contributed by atoms with Crippen LogP contribution in [-0.4, -0.2) is 30.4 Å². The van der Waals surface area contributed by atoms with E-state index in [2.05, 4.69) is 4.98 Å². The van der Waals surface area contributed by atoms with E-state index < -0.39 is 0 Å². The molecule has 2 aromatic heterocycles. The van der Waals surface area contributed by atoms with Crippen LogP contribution in [0.5, 0.6) is 0 Å². The van der Waals surface area contributed by atoms with Gasteiger partial charge in [-0.05, 0) is 12.8 Å². The zero-order valence-electron chi connectivity index (χ0n) is 13.3. The number of imidazole rings is 1. The van der Waals surface area contributed by atoms with Gasteiger partial charge in [0, 0.05) is 27.2 Å². The molecule has 7 nitrogen and oxygen atoms in total. The van der Waals surface area contributed by atoms with Crippen molar-refractivity contribution in [1.82, 2.24) is 18.7 Å². The van der Waals surface area contributed by atoms with Crippen LogP contribution >= 0.6 is 0 Å². The van der Waals surface area contributed by atoms with E-state index >= 15 is 0 Å². The smallest absolute Gasteiger partial charge is 0.332 e. The van der Waals surface area contributed by atoms with Gasteiger partial charge in [-0.25, -0.2) is 9.78 Å². The van der Waals surface area contributed by atoms with Gasteiger partial charge in [-0.3, -0.25) is 13.9 Å². The third-order valence-corrected chi connectivity index (χ3v) is 3.99. The maximum absolute atomic E-state index is 12.4. The normalized spacial score (nSPS) is 11.4. The topological polar surface area (TPSA) is 82.1 Å². The van der Waals surface area contributed by atoms with Crippen LogP contribution in [0.25, 0.3) is 11.2 Å². The number of aliphatic hydroxyl groups excluding tert-OH is 1. The van der Waals surface area contributed by atoms with Crippen LogP contribution in [0.4, 0.5) is 0 Å². The summed E-state index contributed by atoms with van der Waals surface area (Å²) in [7, 11) is 3.40. The molecule has 0 aromatic carbocycles. The first-order chi connectivity index (χ1) is 10.6. The Morgan fingerprint density at radius 2 is 1.68 bits per heavy atom. The number of nitrogens with zero attached hydrogens (tertiary/aromatic N) is 4. The number of unbranched alkanes of at least 4 members (excludes halogenated alkanes) is 5. The summed E-state index contributed by atoms with van der Waals surface area (Å²) in [6.07, 6.45) is 7.34. The van der Waals surface area contributed by atoms with Crippen molar-refractivity contribution in [2.75, 3.05) is 6.61 Å². The summed E-state index contributed by atoms with van der Waals surface area (Å²) in [6, 6.07) is 0. The van der Waals surface area contributed by atoms with Crippen LogP contribution in [0.3, 0.4) is 0 Å². The fourth-order valence-electron chi connectivity index (χ4n) is 2.68. The third-order valence-electron chi connectivity index (χ3n) is 3.99. The van der Waals surface area contributed by atoms with Gasteiger partial charge in [-0.1, -0.05) is 25.7 Å². The summed E-state index contributed by atoms with van der Waals surface area (Å²) in [5.41, 5.74) is 0.317. The fourth-order valence-corrected chi connectivity index (χ4v) is 2.68. The van der Waals surface area contributed by atoms with E-state index in [-0.39, 0.29) is 17.9 Å². The Bertz CT molecular complexity index is 742. The third kappa shape index (κ3) is 3.30. The second-order valence-corrected chi connectivity index (χ2v) is 5.67. The molecule has 0 unspecified atom stereocenters. The largest absolute Gasteiger partial charge is 0.396 e. The number of fused-ring (bicyclic) bond motifs is 1. The Kier molecular flexibility index (Phi) is 5.54. The quantitative estimate of drug-likeness (QED) is 0.730. The maximum Gasteiger partial charge on any atom is 0.332 e. The van der Waals surface area contributed by atoms with Crippen molar-refractivity contribution in [2.45, 2.75) is 45.1 Å². The summed E-state index contributed by atoms with van der Waals surface area (Å²) in [5.74, 6) is 0. The van der Waals surface area contributed by atoms with E-state index in [1.807, 2.05) is 0 Å². The number of aryl methyl sites for hydroxylation is 2. The van der Waals surface area contributed by atoms with E-state index in [1.165, 1.54) is 9.13 Å². The fraction of sp³-hybridized carbons (Fsp3) is 0.667. The maximum atomic E-state index is 12.4. The minimum Gasteiger partial charge on any atom is -0.396 e. The van der Waals surface area contributed by atoms with Gasteiger partial charge in [0.15, 0.2) is 11.2 Å². The van der Waals surface area contributed by atoms with Gasteiger partial charge in [0.1, 0.15) is 0 Å². The Labute approximate surface area is 128 Å². The van der Waals surface area contributed by atoms with Gasteiger partial charge in [0.05, 0.1) is 6.33 Å². The number of hydrogen-bond acceptors (Lipinski definition) is 4. The van der Waals surface area contributed by atoms with E-state index in [9.17, 15) is 9.59 Å². The highest BCUT2D eigenvalue weighted by molar-refractivity contribution is 5.69. The summed E-state index contributed by atoms with van der Waals surface area (Å²) >= 11 is 0. The second kappa shape index (κ2) is 7.40. The second-order valence-electron chi connectivity index (χ2n) is 5.67. The van der Waals surface area contributed by atoms with Gasteiger partial charge in [-0.15, -0.1) is 0 Å². The monoisotopic (exact) mass is 308 g/mol. The van der Waals surface area contributed by atoms with Gasteiger partial charge in [-0.2, -0.15) is 0 Å². The molecule has 0 fully saturated rings. The van der Waals surface area contributed by atoms with E-state index in [0.29, 0.717) is 17.7 Å². The van der Waals surface area contributed by atoms with Crippen LogP contribution in [-0.2, 0) is 20.6 Å². The molecule has 7 heteroatoms. The average molecular weight is 308 g/mol. The first-order valence-electron chi connectivity index (χ1n) is 7.79. The van der Waals surface area contributed by atoms with Gasteiger partial charge in [0.25, 0.3) is 5.56 Å². The van der Waals surface area contributed by atoms with Crippen molar-refractivity contribution >= 4 is 11.2 Å². The molecule has 0 amide bonds. The summed E-state index contributed by atoms with van der Waals surface area (Å²) < 4.78 is 4.39. The predicted molar refractivity (Wildman–Crippen MR) is 85.0 cm³/mol. The van der Waals surface area contributed by atoms with Gasteiger partial charge in [0.2, 0.25) is 0 Å². The molecule has 2 heterocycles. The van der Waals surface area contributed by atoms with Crippen LogP contribution in [0, 0.1) is 0 Å². The first-order valence-corrected chi connectivity index (χ1v) is 7.79. The van der Waals surface area contributed by atoms with E-state index in [4.69, 9.17) is 5.11 Å². The molecule has 0 saturated carbocycles. The Morgan fingerprint density at radius 3 is 2.36 bits per heavy atom. The van der Waals surface area contributed by atoms with Crippen molar-refractivity contribution in [3.8, 4) is 0 Å². The average Bonchev–Trinajstić information content (AvgIpc) is 2.89. The molecule has 2 aromatic rings. The van der Waals surface area contributed by atoms with Crippen molar-refractivity contribution in [3.05, 3.63) is 27.2 Å². The molecule has 22 heavy (non-hydrogen) atoms. The predicted octanol–water partition coefficient (Wildman–Crippen LogP) is 0.767. The number of aromatic nitrogens is 4. The molecule has 0 atom stereocenters. The Balaban J connectivity index is 2.07. The molecule has 0 aliphatic carbocycles. The van der Waals surface area contributed by atoms with Crippen LogP contribution in [0.2, 0.25) is 0 Å². The zero-order chi connectivity index (χ0) is 16.1. The van der Waals surface area contributed by atoms with Crippen molar-refractivity contribution < 1.29 is 5.11 Å². The number of aliphatic hydroxyl groups is 1. The molecule has 122 valence electrons. The number of rotatable bonds is 8. The highest BCUT2D eigenvalue weighted by Crippen LogP contribution is 2.06. The van der Waals surface area contributed by atoms with Crippen molar-refractivity contribution in [1.29, 1.82) is 0 Å². The zero-order valence-corrected chi connectivity index (χ0v) is 13.3. The van der Waals surface area contributed by atoms with Crippen LogP contribution in [0.15, 0.2) is 15.9 Å². The van der Waals surface area contributed by atoms with Crippen LogP contribution < -0.4 is 11.2 Å². The number of hydrogen-bond donors (Lipinski definition) is 1. The molecule has 0 aliphatic heterocycles. The highest BCUT2D eigenvalue weighted by atomic mass is 16.3. The molecule has 0 saturated heterocycles. The molecule has 2 rings (SSSR count). The molecule has 1 N–H and O–H groups in total. The van der Waals surface area contributed by atoms with Crippen molar-refractivity contribution in [3.63, 3.8) is 0 Å². The standard InChI is InChI=1S/C15H24N4O3/c1-17-11-16-13-12(17)14(21)19(15(22)18(13)2)9-7-5-3-4-6-8-10-20/h11,20H,3-10H2,1-2H3. The van der Waals surface area contributed by atoms with E-state index in [0.717, 1.165) is 38.5 Å². The molecule has 0 bridgehead atoms. The van der Waals surface area contributed by atoms with Crippen molar-refractivity contribution in [2.24, 2.45) is 14.1 Å². The lowest BCUT2D eigenvalue weighted by Gasteiger charge is -2.08.